The number of nitrogens with zero attached hydrogens (tertiary/aromatic N) is 2. The molecule has 0 atom stereocenters. The van der Waals surface area contributed by atoms with Gasteiger partial charge in [-0.2, -0.15) is 5.10 Å². The smallest absolute Gasteiger partial charge is 0.251 e. The summed E-state index contributed by atoms with van der Waals surface area (Å²) in [4.78, 5) is 12.1. The standard InChI is InChI=1S/C17H15N3O/c21-17(14-7-2-1-3-8-14)18-13-15-9-4-5-10-16(15)20-12-6-11-19-20/h1-12H,13H2,(H,18,21). The van der Waals surface area contributed by atoms with Crippen LogP contribution in [0.5, 0.6) is 0 Å². The Morgan fingerprint density at radius 2 is 1.76 bits per heavy atom. The maximum Gasteiger partial charge on any atom is 0.251 e. The number of carbonyl (C=O) groups is 1. The topological polar surface area (TPSA) is 46.9 Å². The predicted octanol–water partition coefficient (Wildman–Crippen LogP) is 2.80. The molecule has 0 aliphatic carbocycles. The lowest BCUT2D eigenvalue weighted by Gasteiger charge is -2.10. The van der Waals surface area contributed by atoms with Crippen LogP contribution in [0.1, 0.15) is 15.9 Å². The number of carbonyl (C=O) groups excluding carboxylic acids is 1. The number of benzene rings is 2. The molecule has 4 nitrogen and oxygen atoms in total. The van der Waals surface area contributed by atoms with Crippen LogP contribution in [0.3, 0.4) is 0 Å². The molecule has 0 unspecified atom stereocenters. The van der Waals surface area contributed by atoms with Crippen LogP contribution in [0.4, 0.5) is 0 Å². The maximum absolute atomic E-state index is 12.1. The number of rotatable bonds is 4. The lowest BCUT2D eigenvalue weighted by molar-refractivity contribution is 0.0951. The van der Waals surface area contributed by atoms with Crippen molar-refractivity contribution in [3.05, 3.63) is 84.2 Å². The van der Waals surface area contributed by atoms with Gasteiger partial charge in [-0.1, -0.05) is 36.4 Å². The summed E-state index contributed by atoms with van der Waals surface area (Å²) >= 11 is 0. The summed E-state index contributed by atoms with van der Waals surface area (Å²) in [6, 6.07) is 19.0. The van der Waals surface area contributed by atoms with Crippen molar-refractivity contribution in [2.75, 3.05) is 0 Å². The van der Waals surface area contributed by atoms with Crippen LogP contribution >= 0.6 is 0 Å². The summed E-state index contributed by atoms with van der Waals surface area (Å²) in [5.41, 5.74) is 2.65. The molecule has 0 bridgehead atoms. The molecule has 0 fully saturated rings. The highest BCUT2D eigenvalue weighted by Gasteiger charge is 2.07. The van der Waals surface area contributed by atoms with E-state index in [1.807, 2.05) is 54.7 Å². The third-order valence-corrected chi connectivity index (χ3v) is 3.22. The molecule has 1 amide bonds. The van der Waals surface area contributed by atoms with Crippen molar-refractivity contribution in [1.29, 1.82) is 0 Å². The number of hydrogen-bond acceptors (Lipinski definition) is 2. The molecule has 2 aromatic carbocycles. The lowest BCUT2D eigenvalue weighted by atomic mass is 10.1. The van der Waals surface area contributed by atoms with Gasteiger partial charge in [0.2, 0.25) is 0 Å². The van der Waals surface area contributed by atoms with Gasteiger partial charge in [-0.25, -0.2) is 4.68 Å². The Morgan fingerprint density at radius 1 is 1.00 bits per heavy atom. The van der Waals surface area contributed by atoms with Crippen molar-refractivity contribution in [2.45, 2.75) is 6.54 Å². The highest BCUT2D eigenvalue weighted by molar-refractivity contribution is 5.94. The van der Waals surface area contributed by atoms with Crippen molar-refractivity contribution in [2.24, 2.45) is 0 Å². The summed E-state index contributed by atoms with van der Waals surface area (Å²) in [6.45, 7) is 0.462. The summed E-state index contributed by atoms with van der Waals surface area (Å²) < 4.78 is 1.80. The fourth-order valence-electron chi connectivity index (χ4n) is 2.16. The van der Waals surface area contributed by atoms with Crippen molar-refractivity contribution in [1.82, 2.24) is 15.1 Å². The number of aromatic nitrogens is 2. The molecular formula is C17H15N3O. The minimum absolute atomic E-state index is 0.0779. The van der Waals surface area contributed by atoms with Crippen molar-refractivity contribution in [3.8, 4) is 5.69 Å². The van der Waals surface area contributed by atoms with Crippen LogP contribution in [0.2, 0.25) is 0 Å². The second kappa shape index (κ2) is 6.05. The molecule has 0 aliphatic rings. The molecule has 1 heterocycles. The monoisotopic (exact) mass is 277 g/mol. The van der Waals surface area contributed by atoms with Crippen molar-refractivity contribution in [3.63, 3.8) is 0 Å². The second-order valence-electron chi connectivity index (χ2n) is 4.63. The maximum atomic E-state index is 12.1. The van der Waals surface area contributed by atoms with E-state index in [0.29, 0.717) is 12.1 Å². The van der Waals surface area contributed by atoms with Gasteiger partial charge < -0.3 is 5.32 Å². The van der Waals surface area contributed by atoms with E-state index >= 15 is 0 Å². The van der Waals surface area contributed by atoms with E-state index < -0.39 is 0 Å². The van der Waals surface area contributed by atoms with E-state index in [2.05, 4.69) is 10.4 Å². The summed E-state index contributed by atoms with van der Waals surface area (Å²) in [5, 5.41) is 7.17. The minimum Gasteiger partial charge on any atom is -0.348 e. The summed E-state index contributed by atoms with van der Waals surface area (Å²) in [7, 11) is 0. The van der Waals surface area contributed by atoms with Crippen LogP contribution in [0.15, 0.2) is 73.1 Å². The van der Waals surface area contributed by atoms with E-state index in [-0.39, 0.29) is 5.91 Å². The third-order valence-electron chi connectivity index (χ3n) is 3.22. The molecule has 1 aromatic heterocycles. The molecular weight excluding hydrogens is 262 g/mol. The highest BCUT2D eigenvalue weighted by Crippen LogP contribution is 2.13. The van der Waals surface area contributed by atoms with E-state index in [9.17, 15) is 4.79 Å². The number of amides is 1. The van der Waals surface area contributed by atoms with Gasteiger partial charge in [0.25, 0.3) is 5.91 Å². The van der Waals surface area contributed by atoms with Gasteiger partial charge in [0.1, 0.15) is 0 Å². The zero-order chi connectivity index (χ0) is 14.5. The number of para-hydroxylation sites is 1. The first-order valence-corrected chi connectivity index (χ1v) is 6.76. The Kier molecular flexibility index (Phi) is 3.78. The lowest BCUT2D eigenvalue weighted by Crippen LogP contribution is -2.23. The first kappa shape index (κ1) is 13.1. The highest BCUT2D eigenvalue weighted by atomic mass is 16.1. The van der Waals surface area contributed by atoms with Gasteiger partial charge in [-0.05, 0) is 29.8 Å². The van der Waals surface area contributed by atoms with Gasteiger partial charge in [0, 0.05) is 24.5 Å². The molecule has 0 radical (unpaired) electrons. The first-order valence-electron chi connectivity index (χ1n) is 6.76. The van der Waals surface area contributed by atoms with Crippen LogP contribution in [-0.4, -0.2) is 15.7 Å². The average molecular weight is 277 g/mol. The predicted molar refractivity (Wildman–Crippen MR) is 81.2 cm³/mol. The van der Waals surface area contributed by atoms with Crippen LogP contribution in [0.25, 0.3) is 5.69 Å². The van der Waals surface area contributed by atoms with Gasteiger partial charge in [-0.3, -0.25) is 4.79 Å². The molecule has 0 saturated carbocycles. The Bertz CT molecular complexity index is 721. The molecule has 21 heavy (non-hydrogen) atoms. The quantitative estimate of drug-likeness (QED) is 0.797. The van der Waals surface area contributed by atoms with E-state index in [0.717, 1.165) is 11.3 Å². The van der Waals surface area contributed by atoms with Crippen LogP contribution < -0.4 is 5.32 Å². The van der Waals surface area contributed by atoms with Gasteiger partial charge >= 0.3 is 0 Å². The Morgan fingerprint density at radius 3 is 2.52 bits per heavy atom. The molecule has 1 N–H and O–H groups in total. The number of hydrogen-bond donors (Lipinski definition) is 1. The molecule has 4 heteroatoms. The fourth-order valence-corrected chi connectivity index (χ4v) is 2.16. The Hall–Kier alpha value is -2.88. The average Bonchev–Trinajstić information content (AvgIpc) is 3.08. The summed E-state index contributed by atoms with van der Waals surface area (Å²) in [5.74, 6) is -0.0779. The van der Waals surface area contributed by atoms with Crippen molar-refractivity contribution < 1.29 is 4.79 Å². The largest absolute Gasteiger partial charge is 0.348 e. The SMILES string of the molecule is O=C(NCc1ccccc1-n1cccn1)c1ccccc1. The van der Waals surface area contributed by atoms with E-state index in [1.54, 1.807) is 23.0 Å². The molecule has 0 aliphatic heterocycles. The molecule has 0 saturated heterocycles. The number of nitrogens with one attached hydrogen (secondary N) is 1. The zero-order valence-electron chi connectivity index (χ0n) is 11.4. The second-order valence-corrected chi connectivity index (χ2v) is 4.63. The molecule has 3 rings (SSSR count). The van der Waals surface area contributed by atoms with Crippen LogP contribution in [-0.2, 0) is 6.54 Å². The molecule has 104 valence electrons. The van der Waals surface area contributed by atoms with E-state index in [4.69, 9.17) is 0 Å². The van der Waals surface area contributed by atoms with Gasteiger partial charge in [0.15, 0.2) is 0 Å². The normalized spacial score (nSPS) is 10.3. The Labute approximate surface area is 123 Å². The third kappa shape index (κ3) is 3.00. The minimum atomic E-state index is -0.0779. The summed E-state index contributed by atoms with van der Waals surface area (Å²) in [6.07, 6.45) is 3.62. The molecule has 0 spiro atoms. The zero-order valence-corrected chi connectivity index (χ0v) is 11.4. The fraction of sp³-hybridized carbons (Fsp3) is 0.0588. The van der Waals surface area contributed by atoms with Crippen molar-refractivity contribution >= 4 is 5.91 Å². The Balaban J connectivity index is 1.76. The van der Waals surface area contributed by atoms with Gasteiger partial charge in [0.05, 0.1) is 5.69 Å². The van der Waals surface area contributed by atoms with Crippen LogP contribution in [0, 0.1) is 0 Å². The van der Waals surface area contributed by atoms with Gasteiger partial charge in [-0.15, -0.1) is 0 Å². The van der Waals surface area contributed by atoms with E-state index in [1.165, 1.54) is 0 Å². The molecule has 3 aromatic rings. The first-order chi connectivity index (χ1) is 10.3.